The molecule has 98 valence electrons. The van der Waals surface area contributed by atoms with E-state index in [9.17, 15) is 9.18 Å². The van der Waals surface area contributed by atoms with Gasteiger partial charge in [0.25, 0.3) is 0 Å². The number of amides is 1. The Morgan fingerprint density at radius 1 is 1.44 bits per heavy atom. The van der Waals surface area contributed by atoms with Crippen molar-refractivity contribution in [2.45, 2.75) is 38.3 Å². The lowest BCUT2D eigenvalue weighted by Crippen LogP contribution is -2.34. The average Bonchev–Trinajstić information content (AvgIpc) is 3.13. The van der Waals surface area contributed by atoms with Crippen LogP contribution in [0.3, 0.4) is 0 Å². The average molecular weight is 250 g/mol. The Morgan fingerprint density at radius 2 is 2.06 bits per heavy atom. The second-order valence-electron chi connectivity index (χ2n) is 5.05. The van der Waals surface area contributed by atoms with Gasteiger partial charge in [0.15, 0.2) is 0 Å². The maximum Gasteiger partial charge on any atom is 0.222 e. The molecule has 1 saturated carbocycles. The van der Waals surface area contributed by atoms with Crippen LogP contribution < -0.4 is 11.1 Å². The lowest BCUT2D eigenvalue weighted by atomic mass is 10.1. The van der Waals surface area contributed by atoms with E-state index < -0.39 is 0 Å². The number of rotatable bonds is 5. The van der Waals surface area contributed by atoms with Crippen molar-refractivity contribution < 1.29 is 9.18 Å². The van der Waals surface area contributed by atoms with Gasteiger partial charge in [0.05, 0.1) is 6.04 Å². The maximum atomic E-state index is 12.8. The minimum atomic E-state index is -0.270. The molecule has 0 radical (unpaired) electrons. The lowest BCUT2D eigenvalue weighted by molar-refractivity contribution is -0.122. The Hall–Kier alpha value is -1.42. The minimum Gasteiger partial charge on any atom is -0.350 e. The van der Waals surface area contributed by atoms with E-state index in [0.29, 0.717) is 12.3 Å². The van der Waals surface area contributed by atoms with Crippen molar-refractivity contribution in [2.75, 3.05) is 0 Å². The number of nitrogens with two attached hydrogens (primary N) is 1. The van der Waals surface area contributed by atoms with Crippen molar-refractivity contribution in [2.24, 2.45) is 11.7 Å². The second kappa shape index (κ2) is 5.48. The van der Waals surface area contributed by atoms with E-state index in [2.05, 4.69) is 5.32 Å². The highest BCUT2D eigenvalue weighted by molar-refractivity contribution is 5.77. The molecule has 1 fully saturated rings. The SMILES string of the molecule is C[C@@H](NC(=O)CC(N)C1CC1)c1ccc(F)cc1. The third-order valence-corrected chi connectivity index (χ3v) is 3.40. The Labute approximate surface area is 107 Å². The molecule has 1 aliphatic rings. The molecule has 3 N–H and O–H groups in total. The summed E-state index contributed by atoms with van der Waals surface area (Å²) in [6, 6.07) is 6.01. The van der Waals surface area contributed by atoms with Crippen LogP contribution in [0.4, 0.5) is 4.39 Å². The highest BCUT2D eigenvalue weighted by Crippen LogP contribution is 2.32. The fourth-order valence-electron chi connectivity index (χ4n) is 2.04. The molecule has 1 aliphatic carbocycles. The summed E-state index contributed by atoms with van der Waals surface area (Å²) in [5.41, 5.74) is 6.80. The van der Waals surface area contributed by atoms with Gasteiger partial charge in [0.2, 0.25) is 5.91 Å². The monoisotopic (exact) mass is 250 g/mol. The molecule has 3 nitrogen and oxygen atoms in total. The lowest BCUT2D eigenvalue weighted by Gasteiger charge is -2.16. The molecule has 0 bridgehead atoms. The smallest absolute Gasteiger partial charge is 0.222 e. The van der Waals surface area contributed by atoms with E-state index in [1.807, 2.05) is 6.92 Å². The van der Waals surface area contributed by atoms with Gasteiger partial charge in [-0.2, -0.15) is 0 Å². The van der Waals surface area contributed by atoms with Gasteiger partial charge in [-0.1, -0.05) is 12.1 Å². The van der Waals surface area contributed by atoms with Crippen LogP contribution in [0, 0.1) is 11.7 Å². The predicted molar refractivity (Wildman–Crippen MR) is 68.3 cm³/mol. The zero-order valence-electron chi connectivity index (χ0n) is 10.5. The summed E-state index contributed by atoms with van der Waals surface area (Å²) in [6.07, 6.45) is 2.65. The van der Waals surface area contributed by atoms with Gasteiger partial charge in [-0.15, -0.1) is 0 Å². The van der Waals surface area contributed by atoms with Crippen LogP contribution in [0.15, 0.2) is 24.3 Å². The summed E-state index contributed by atoms with van der Waals surface area (Å²) < 4.78 is 12.8. The fourth-order valence-corrected chi connectivity index (χ4v) is 2.04. The van der Waals surface area contributed by atoms with Crippen LogP contribution in [-0.2, 0) is 4.79 Å². The van der Waals surface area contributed by atoms with Crippen LogP contribution in [0.5, 0.6) is 0 Å². The largest absolute Gasteiger partial charge is 0.350 e. The third-order valence-electron chi connectivity index (χ3n) is 3.40. The fraction of sp³-hybridized carbons (Fsp3) is 0.500. The Kier molecular flexibility index (Phi) is 3.97. The summed E-state index contributed by atoms with van der Waals surface area (Å²) in [4.78, 5) is 11.8. The molecular weight excluding hydrogens is 231 g/mol. The Balaban J connectivity index is 1.84. The quantitative estimate of drug-likeness (QED) is 0.841. The van der Waals surface area contributed by atoms with Gasteiger partial charge in [-0.3, -0.25) is 4.79 Å². The van der Waals surface area contributed by atoms with E-state index in [4.69, 9.17) is 5.73 Å². The number of hydrogen-bond donors (Lipinski definition) is 2. The summed E-state index contributed by atoms with van der Waals surface area (Å²) in [7, 11) is 0. The zero-order valence-corrected chi connectivity index (χ0v) is 10.5. The molecule has 1 unspecified atom stereocenters. The molecule has 0 spiro atoms. The molecule has 1 aromatic rings. The van der Waals surface area contributed by atoms with Crippen LogP contribution in [-0.4, -0.2) is 11.9 Å². The Bertz CT molecular complexity index is 414. The molecule has 18 heavy (non-hydrogen) atoms. The second-order valence-corrected chi connectivity index (χ2v) is 5.05. The van der Waals surface area contributed by atoms with Crippen LogP contribution in [0.2, 0.25) is 0 Å². The van der Waals surface area contributed by atoms with Crippen molar-refractivity contribution >= 4 is 5.91 Å². The van der Waals surface area contributed by atoms with E-state index in [0.717, 1.165) is 18.4 Å². The van der Waals surface area contributed by atoms with Crippen LogP contribution in [0.1, 0.15) is 37.8 Å². The Morgan fingerprint density at radius 3 is 2.61 bits per heavy atom. The molecule has 0 aliphatic heterocycles. The first-order chi connectivity index (χ1) is 8.56. The number of carbonyl (C=O) groups excluding carboxylic acids is 1. The first-order valence-electron chi connectivity index (χ1n) is 6.36. The van der Waals surface area contributed by atoms with E-state index in [1.54, 1.807) is 12.1 Å². The first kappa shape index (κ1) is 13.0. The maximum absolute atomic E-state index is 12.8. The van der Waals surface area contributed by atoms with Gasteiger partial charge < -0.3 is 11.1 Å². The molecule has 4 heteroatoms. The van der Waals surface area contributed by atoms with Crippen molar-refractivity contribution in [1.82, 2.24) is 5.32 Å². The van der Waals surface area contributed by atoms with Crippen LogP contribution >= 0.6 is 0 Å². The highest BCUT2D eigenvalue weighted by Gasteiger charge is 2.29. The van der Waals surface area contributed by atoms with Crippen LogP contribution in [0.25, 0.3) is 0 Å². The summed E-state index contributed by atoms with van der Waals surface area (Å²) in [5, 5.41) is 2.89. The van der Waals surface area contributed by atoms with Gasteiger partial charge in [0, 0.05) is 12.5 Å². The first-order valence-corrected chi connectivity index (χ1v) is 6.36. The number of nitrogens with one attached hydrogen (secondary N) is 1. The topological polar surface area (TPSA) is 55.1 Å². The zero-order chi connectivity index (χ0) is 13.1. The van der Waals surface area contributed by atoms with Crippen molar-refractivity contribution in [3.63, 3.8) is 0 Å². The molecular formula is C14H19FN2O. The number of benzene rings is 1. The van der Waals surface area contributed by atoms with Crippen molar-refractivity contribution in [3.8, 4) is 0 Å². The third kappa shape index (κ3) is 3.53. The highest BCUT2D eigenvalue weighted by atomic mass is 19.1. The molecule has 2 rings (SSSR count). The number of hydrogen-bond acceptors (Lipinski definition) is 2. The standard InChI is InChI=1S/C14H19FN2O/c1-9(10-4-6-12(15)7-5-10)17-14(18)8-13(16)11-2-3-11/h4-7,9,11,13H,2-3,8,16H2,1H3,(H,17,18)/t9-,13?/m1/s1. The van der Waals surface area contributed by atoms with Crippen molar-refractivity contribution in [1.29, 1.82) is 0 Å². The minimum absolute atomic E-state index is 0.0228. The van der Waals surface area contributed by atoms with Crippen molar-refractivity contribution in [3.05, 3.63) is 35.6 Å². The normalized spacial score (nSPS) is 18.2. The van der Waals surface area contributed by atoms with Gasteiger partial charge in [0.1, 0.15) is 5.82 Å². The van der Waals surface area contributed by atoms with Gasteiger partial charge in [-0.05, 0) is 43.4 Å². The predicted octanol–water partition coefficient (Wildman–Crippen LogP) is 2.13. The van der Waals surface area contributed by atoms with E-state index >= 15 is 0 Å². The molecule has 0 heterocycles. The van der Waals surface area contributed by atoms with Gasteiger partial charge >= 0.3 is 0 Å². The molecule has 1 aromatic carbocycles. The molecule has 0 saturated heterocycles. The number of carbonyl (C=O) groups is 1. The summed E-state index contributed by atoms with van der Waals surface area (Å²) >= 11 is 0. The van der Waals surface area contributed by atoms with E-state index in [1.165, 1.54) is 12.1 Å². The van der Waals surface area contributed by atoms with Gasteiger partial charge in [-0.25, -0.2) is 4.39 Å². The molecule has 1 amide bonds. The summed E-state index contributed by atoms with van der Waals surface area (Å²) in [5.74, 6) is 0.219. The summed E-state index contributed by atoms with van der Waals surface area (Å²) in [6.45, 7) is 1.88. The molecule has 0 aromatic heterocycles. The number of halogens is 1. The van der Waals surface area contributed by atoms with E-state index in [-0.39, 0.29) is 23.8 Å². The molecule has 2 atom stereocenters.